The van der Waals surface area contributed by atoms with Crippen molar-refractivity contribution >= 4 is 23.6 Å². The fourth-order valence-corrected chi connectivity index (χ4v) is 2.79. The summed E-state index contributed by atoms with van der Waals surface area (Å²) < 4.78 is 2.96. The molecule has 0 spiro atoms. The van der Waals surface area contributed by atoms with Crippen molar-refractivity contribution in [2.75, 3.05) is 0 Å². The van der Waals surface area contributed by atoms with Gasteiger partial charge < -0.3 is 0 Å². The van der Waals surface area contributed by atoms with Gasteiger partial charge in [0.2, 0.25) is 0 Å². The third kappa shape index (κ3) is 2.23. The molecule has 2 nitrogen and oxygen atoms in total. The maximum absolute atomic E-state index is 5.35. The van der Waals surface area contributed by atoms with E-state index in [1.165, 1.54) is 5.69 Å². The molecule has 0 aliphatic rings. The minimum absolute atomic E-state index is 0.876. The van der Waals surface area contributed by atoms with Gasteiger partial charge in [-0.05, 0) is 37.7 Å². The number of hydrogen-bond acceptors (Lipinski definition) is 3. The van der Waals surface area contributed by atoms with Crippen LogP contribution in [0.15, 0.2) is 23.6 Å². The molecule has 4 heteroatoms. The Hall–Kier alpha value is -1.00. The van der Waals surface area contributed by atoms with Gasteiger partial charge in [-0.25, -0.2) is 4.98 Å². The number of nitrogens with zero attached hydrogens (tertiary/aromatic N) is 2. The third-order valence-electron chi connectivity index (χ3n) is 2.37. The van der Waals surface area contributed by atoms with E-state index in [-0.39, 0.29) is 0 Å². The van der Waals surface area contributed by atoms with Gasteiger partial charge in [0.15, 0.2) is 3.95 Å². The van der Waals surface area contributed by atoms with E-state index < -0.39 is 0 Å². The van der Waals surface area contributed by atoms with Gasteiger partial charge in [0, 0.05) is 16.8 Å². The summed E-state index contributed by atoms with van der Waals surface area (Å²) in [6.07, 6.45) is 2.17. The van der Waals surface area contributed by atoms with Crippen LogP contribution in [0.5, 0.6) is 0 Å². The predicted octanol–water partition coefficient (Wildman–Crippen LogP) is 3.92. The van der Waals surface area contributed by atoms with Crippen molar-refractivity contribution < 1.29 is 0 Å². The summed E-state index contributed by atoms with van der Waals surface area (Å²) >= 11 is 6.96. The molecular formula is C12H14N2S2. The molecule has 0 bridgehead atoms. The van der Waals surface area contributed by atoms with Crippen molar-refractivity contribution in [3.8, 4) is 5.82 Å². The molecular weight excluding hydrogens is 236 g/mol. The highest BCUT2D eigenvalue weighted by molar-refractivity contribution is 7.73. The van der Waals surface area contributed by atoms with Crippen LogP contribution in [0.3, 0.4) is 0 Å². The van der Waals surface area contributed by atoms with Gasteiger partial charge in [0.25, 0.3) is 0 Å². The Morgan fingerprint density at radius 1 is 1.44 bits per heavy atom. The molecule has 2 aromatic heterocycles. The number of rotatable bonds is 3. The highest BCUT2D eigenvalue weighted by Crippen LogP contribution is 2.18. The number of thiazole rings is 1. The molecule has 0 saturated heterocycles. The minimum atomic E-state index is 0.876. The largest absolute Gasteiger partial charge is 0.280 e. The first-order chi connectivity index (χ1) is 7.72. The van der Waals surface area contributed by atoms with Crippen LogP contribution in [0, 0.1) is 10.9 Å². The average molecular weight is 250 g/mol. The van der Waals surface area contributed by atoms with Crippen LogP contribution < -0.4 is 0 Å². The molecule has 0 saturated carbocycles. The summed E-state index contributed by atoms with van der Waals surface area (Å²) in [6, 6.07) is 6.03. The summed E-state index contributed by atoms with van der Waals surface area (Å²) in [5, 5.41) is 2.13. The second kappa shape index (κ2) is 4.89. The van der Waals surface area contributed by atoms with Crippen LogP contribution >= 0.6 is 23.6 Å². The van der Waals surface area contributed by atoms with Gasteiger partial charge in [-0.2, -0.15) is 0 Å². The van der Waals surface area contributed by atoms with Gasteiger partial charge >= 0.3 is 0 Å². The van der Waals surface area contributed by atoms with Crippen molar-refractivity contribution in [3.63, 3.8) is 0 Å². The highest BCUT2D eigenvalue weighted by Gasteiger charge is 2.06. The molecule has 0 N–H and O–H groups in total. The molecule has 0 aliphatic heterocycles. The minimum Gasteiger partial charge on any atom is -0.280 e. The zero-order valence-corrected chi connectivity index (χ0v) is 11.1. The van der Waals surface area contributed by atoms with Gasteiger partial charge in [-0.1, -0.05) is 19.4 Å². The maximum Gasteiger partial charge on any atom is 0.167 e. The van der Waals surface area contributed by atoms with Gasteiger partial charge in [-0.15, -0.1) is 11.3 Å². The second-order valence-corrected chi connectivity index (χ2v) is 5.22. The first kappa shape index (κ1) is 11.5. The highest BCUT2D eigenvalue weighted by atomic mass is 32.1. The van der Waals surface area contributed by atoms with Crippen LogP contribution in [0.1, 0.15) is 24.7 Å². The third-order valence-corrected chi connectivity index (χ3v) is 3.62. The molecule has 2 aromatic rings. The Balaban J connectivity index is 2.54. The molecule has 0 aromatic carbocycles. The zero-order valence-electron chi connectivity index (χ0n) is 9.43. The lowest BCUT2D eigenvalue weighted by Gasteiger charge is -2.07. The van der Waals surface area contributed by atoms with Crippen LogP contribution in [0.25, 0.3) is 5.82 Å². The monoisotopic (exact) mass is 250 g/mol. The first-order valence-corrected chi connectivity index (χ1v) is 6.64. The summed E-state index contributed by atoms with van der Waals surface area (Å²) in [7, 11) is 0. The summed E-state index contributed by atoms with van der Waals surface area (Å²) in [6.45, 7) is 4.17. The Morgan fingerprint density at radius 3 is 2.94 bits per heavy atom. The lowest BCUT2D eigenvalue weighted by molar-refractivity contribution is 0.823. The van der Waals surface area contributed by atoms with E-state index in [2.05, 4.69) is 21.9 Å². The topological polar surface area (TPSA) is 17.8 Å². The fraction of sp³-hybridized carbons (Fsp3) is 0.333. The molecule has 0 atom stereocenters. The Labute approximate surface area is 105 Å². The molecule has 16 heavy (non-hydrogen) atoms. The smallest absolute Gasteiger partial charge is 0.167 e. The summed E-state index contributed by atoms with van der Waals surface area (Å²) in [4.78, 5) is 4.52. The van der Waals surface area contributed by atoms with Gasteiger partial charge in [0.05, 0.1) is 0 Å². The lowest BCUT2D eigenvalue weighted by atomic mass is 10.2. The molecule has 0 fully saturated rings. The summed E-state index contributed by atoms with van der Waals surface area (Å²) in [5.74, 6) is 0.940. The molecule has 84 valence electrons. The molecule has 2 heterocycles. The number of aromatic nitrogens is 2. The second-order valence-electron chi connectivity index (χ2n) is 3.72. The average Bonchev–Trinajstić information content (AvgIpc) is 2.60. The predicted molar refractivity (Wildman–Crippen MR) is 71.0 cm³/mol. The van der Waals surface area contributed by atoms with E-state index in [0.29, 0.717) is 0 Å². The van der Waals surface area contributed by atoms with E-state index in [1.54, 1.807) is 11.3 Å². The van der Waals surface area contributed by atoms with Gasteiger partial charge in [-0.3, -0.25) is 4.57 Å². The standard InChI is InChI=1S/C12H14N2S2/c1-3-5-10-8-16-12(15)14(10)11-7-4-6-9(2)13-11/h4,6-8H,3,5H2,1-2H3. The van der Waals surface area contributed by atoms with Crippen molar-refractivity contribution in [1.29, 1.82) is 0 Å². The molecule has 2 rings (SSSR count). The first-order valence-electron chi connectivity index (χ1n) is 5.36. The van der Waals surface area contributed by atoms with E-state index >= 15 is 0 Å². The molecule has 0 amide bonds. The lowest BCUT2D eigenvalue weighted by Crippen LogP contribution is -2.02. The van der Waals surface area contributed by atoms with Crippen LogP contribution in [-0.4, -0.2) is 9.55 Å². The van der Waals surface area contributed by atoms with E-state index in [9.17, 15) is 0 Å². The van der Waals surface area contributed by atoms with E-state index in [4.69, 9.17) is 12.2 Å². The molecule has 0 unspecified atom stereocenters. The van der Waals surface area contributed by atoms with Crippen LogP contribution in [0.4, 0.5) is 0 Å². The number of aryl methyl sites for hydroxylation is 2. The molecule has 0 aliphatic carbocycles. The van der Waals surface area contributed by atoms with Crippen molar-refractivity contribution in [2.45, 2.75) is 26.7 Å². The van der Waals surface area contributed by atoms with E-state index in [1.807, 2.05) is 25.1 Å². The normalized spacial score (nSPS) is 10.6. The van der Waals surface area contributed by atoms with Crippen molar-refractivity contribution in [2.24, 2.45) is 0 Å². The fourth-order valence-electron chi connectivity index (χ4n) is 1.66. The van der Waals surface area contributed by atoms with Crippen LogP contribution in [0.2, 0.25) is 0 Å². The Bertz CT molecular complexity index is 540. The van der Waals surface area contributed by atoms with E-state index in [0.717, 1.165) is 28.3 Å². The summed E-state index contributed by atoms with van der Waals surface area (Å²) in [5.41, 5.74) is 2.28. The van der Waals surface area contributed by atoms with Crippen molar-refractivity contribution in [3.05, 3.63) is 38.9 Å². The van der Waals surface area contributed by atoms with Crippen molar-refractivity contribution in [1.82, 2.24) is 9.55 Å². The maximum atomic E-state index is 5.35. The quantitative estimate of drug-likeness (QED) is 0.768. The number of pyridine rings is 1. The zero-order chi connectivity index (χ0) is 11.5. The number of hydrogen-bond donors (Lipinski definition) is 0. The van der Waals surface area contributed by atoms with Gasteiger partial charge in [0.1, 0.15) is 5.82 Å². The SMILES string of the molecule is CCCc1csc(=S)n1-c1cccc(C)n1. The Kier molecular flexibility index (Phi) is 3.51. The molecule has 0 radical (unpaired) electrons. The Morgan fingerprint density at radius 2 is 2.25 bits per heavy atom. The van der Waals surface area contributed by atoms with Crippen LogP contribution in [-0.2, 0) is 6.42 Å².